The van der Waals surface area contributed by atoms with Gasteiger partial charge in [-0.15, -0.1) is 0 Å². The third-order valence-electron chi connectivity index (χ3n) is 0.629. The molecule has 0 spiro atoms. The van der Waals surface area contributed by atoms with Crippen LogP contribution in [0.2, 0.25) is 0 Å². The monoisotopic (exact) mass is 98.1 g/mol. The maximum Gasteiger partial charge on any atom is 0.106 e. The van der Waals surface area contributed by atoms with Gasteiger partial charge in [-0.2, -0.15) is 0 Å². The average molecular weight is 98.1 g/mol. The summed E-state index contributed by atoms with van der Waals surface area (Å²) in [6.07, 6.45) is 4.97. The van der Waals surface area contributed by atoms with Gasteiger partial charge in [0, 0.05) is 12.7 Å². The van der Waals surface area contributed by atoms with Crippen LogP contribution in [0.4, 0.5) is 0 Å². The van der Waals surface area contributed by atoms with E-state index in [1.54, 1.807) is 6.08 Å². The summed E-state index contributed by atoms with van der Waals surface area (Å²) in [5.41, 5.74) is 0. The smallest absolute Gasteiger partial charge is 0.106 e. The molecule has 1 aliphatic rings. The van der Waals surface area contributed by atoms with Gasteiger partial charge in [0.25, 0.3) is 0 Å². The molecular formula is C5H7NO. The van der Waals surface area contributed by atoms with Crippen molar-refractivity contribution in [2.75, 3.05) is 6.54 Å². The quantitative estimate of drug-likeness (QED) is 0.478. The van der Waals surface area contributed by atoms with Crippen molar-refractivity contribution in [3.63, 3.8) is 0 Å². The summed E-state index contributed by atoms with van der Waals surface area (Å²) in [7, 11) is 0. The van der Waals surface area contributed by atoms with E-state index < -0.39 is 0 Å². The Morgan fingerprint density at radius 1 is 1.86 bits per heavy atom. The van der Waals surface area contributed by atoms with Crippen LogP contribution in [0, 0.1) is 0 Å². The molecule has 1 N–H and O–H groups in total. The highest BCUT2D eigenvalue weighted by atomic mass is 16.5. The molecule has 0 saturated heterocycles. The predicted octanol–water partition coefficient (Wildman–Crippen LogP) is 0.591. The zero-order valence-electron chi connectivity index (χ0n) is 4.85. The Kier molecular flexibility index (Phi) is 1.02. The van der Waals surface area contributed by atoms with E-state index in [4.69, 9.17) is 1.37 Å². The Balaban J connectivity index is 2.51. The lowest BCUT2D eigenvalue weighted by Crippen LogP contribution is -2.01. The second-order valence-corrected chi connectivity index (χ2v) is 1.16. The zero-order valence-corrected chi connectivity index (χ0v) is 3.85. The Bertz CT molecular complexity index is 130. The molecule has 0 aromatic rings. The van der Waals surface area contributed by atoms with E-state index in [0.29, 0.717) is 0 Å². The van der Waals surface area contributed by atoms with Gasteiger partial charge in [0.15, 0.2) is 0 Å². The van der Waals surface area contributed by atoms with Gasteiger partial charge >= 0.3 is 0 Å². The van der Waals surface area contributed by atoms with Gasteiger partial charge in [0.1, 0.15) is 7.61 Å². The number of ether oxygens (including phenoxy) is 1. The first-order valence-corrected chi connectivity index (χ1v) is 2.11. The Hall–Kier alpha value is -0.920. The average Bonchev–Trinajstić information content (AvgIpc) is 1.94. The summed E-state index contributed by atoms with van der Waals surface area (Å²) in [5.74, 6) is 0. The summed E-state index contributed by atoms with van der Waals surface area (Å²) < 4.78 is 11.6. The second kappa shape index (κ2) is 2.29. The Morgan fingerprint density at radius 3 is 3.86 bits per heavy atom. The third-order valence-corrected chi connectivity index (χ3v) is 0.629. The number of hydrogen-bond donors (Lipinski definition) is 1. The topological polar surface area (TPSA) is 21.3 Å². The molecule has 7 heavy (non-hydrogen) atoms. The molecule has 2 nitrogen and oxygen atoms in total. The normalized spacial score (nSPS) is 20.6. The maximum absolute atomic E-state index is 6.94. The molecule has 1 aliphatic heterocycles. The standard InChI is InChI=1S/C5H7NO/c1-2-6-3-5-7-4-1/h1,3-6H,2H2/i5D. The Morgan fingerprint density at radius 2 is 2.86 bits per heavy atom. The van der Waals surface area contributed by atoms with Crippen molar-refractivity contribution in [3.8, 4) is 0 Å². The van der Waals surface area contributed by atoms with Crippen molar-refractivity contribution in [3.05, 3.63) is 24.8 Å². The molecule has 0 radical (unpaired) electrons. The Labute approximate surface area is 43.9 Å². The number of rotatable bonds is 0. The minimum absolute atomic E-state index is 0.152. The van der Waals surface area contributed by atoms with Crippen LogP contribution in [0.15, 0.2) is 24.8 Å². The molecule has 0 aliphatic carbocycles. The van der Waals surface area contributed by atoms with Crippen LogP contribution < -0.4 is 5.32 Å². The molecule has 0 aromatic heterocycles. The summed E-state index contributed by atoms with van der Waals surface area (Å²) in [6.45, 7) is 0.738. The van der Waals surface area contributed by atoms with Crippen molar-refractivity contribution in [1.82, 2.24) is 5.32 Å². The third kappa shape index (κ3) is 1.30. The molecule has 0 unspecified atom stereocenters. The first-order valence-electron chi connectivity index (χ1n) is 2.61. The van der Waals surface area contributed by atoms with Gasteiger partial charge in [-0.05, 0) is 6.08 Å². The molecule has 2 heteroatoms. The van der Waals surface area contributed by atoms with Crippen molar-refractivity contribution in [2.24, 2.45) is 0 Å². The van der Waals surface area contributed by atoms with E-state index in [0.717, 1.165) is 6.54 Å². The van der Waals surface area contributed by atoms with E-state index >= 15 is 0 Å². The van der Waals surface area contributed by atoms with Crippen LogP contribution in [-0.2, 0) is 4.74 Å². The van der Waals surface area contributed by atoms with Gasteiger partial charge in [-0.1, -0.05) is 0 Å². The van der Waals surface area contributed by atoms with Gasteiger partial charge in [-0.25, -0.2) is 0 Å². The van der Waals surface area contributed by atoms with Crippen LogP contribution >= 0.6 is 0 Å². The molecule has 0 bridgehead atoms. The largest absolute Gasteiger partial charge is 0.471 e. The molecule has 0 atom stereocenters. The van der Waals surface area contributed by atoms with Crippen LogP contribution in [-0.4, -0.2) is 6.54 Å². The predicted molar refractivity (Wildman–Crippen MR) is 27.4 cm³/mol. The fraction of sp³-hybridized carbons (Fsp3) is 0.200. The van der Waals surface area contributed by atoms with E-state index in [1.807, 2.05) is 0 Å². The lowest BCUT2D eigenvalue weighted by molar-refractivity contribution is 0.403. The summed E-state index contributed by atoms with van der Waals surface area (Å²) in [5, 5.41) is 2.84. The zero-order chi connectivity index (χ0) is 5.82. The molecule has 0 aromatic carbocycles. The molecular weight excluding hydrogens is 90.1 g/mol. The fourth-order valence-corrected chi connectivity index (χ4v) is 0.338. The first-order chi connectivity index (χ1) is 3.89. The van der Waals surface area contributed by atoms with Crippen molar-refractivity contribution in [2.45, 2.75) is 0 Å². The molecule has 38 valence electrons. The van der Waals surface area contributed by atoms with Gasteiger partial charge < -0.3 is 10.1 Å². The second-order valence-electron chi connectivity index (χ2n) is 1.16. The highest BCUT2D eigenvalue weighted by Crippen LogP contribution is 1.81. The SMILES string of the molecule is [2H]C1=CNCC=CO1. The number of nitrogens with one attached hydrogen (secondary N) is 1. The van der Waals surface area contributed by atoms with Crippen LogP contribution in [0.3, 0.4) is 0 Å². The number of hydrogen-bond acceptors (Lipinski definition) is 2. The van der Waals surface area contributed by atoms with Gasteiger partial charge in [0.05, 0.1) is 6.26 Å². The summed E-state index contributed by atoms with van der Waals surface area (Å²) in [4.78, 5) is 0. The lowest BCUT2D eigenvalue weighted by Gasteiger charge is -1.83. The molecule has 1 rings (SSSR count). The van der Waals surface area contributed by atoms with E-state index in [1.165, 1.54) is 12.5 Å². The highest BCUT2D eigenvalue weighted by molar-refractivity contribution is 4.86. The van der Waals surface area contributed by atoms with E-state index in [2.05, 4.69) is 10.1 Å². The highest BCUT2D eigenvalue weighted by Gasteiger charge is 1.76. The molecule has 0 saturated carbocycles. The molecule has 1 heterocycles. The van der Waals surface area contributed by atoms with E-state index in [-0.39, 0.29) is 6.24 Å². The van der Waals surface area contributed by atoms with Crippen molar-refractivity contribution in [1.29, 1.82) is 0 Å². The lowest BCUT2D eigenvalue weighted by atomic mass is 10.6. The fourth-order valence-electron chi connectivity index (χ4n) is 0.338. The molecule has 0 fully saturated rings. The van der Waals surface area contributed by atoms with E-state index in [9.17, 15) is 0 Å². The van der Waals surface area contributed by atoms with Crippen LogP contribution in [0.5, 0.6) is 0 Å². The minimum Gasteiger partial charge on any atom is -0.471 e. The van der Waals surface area contributed by atoms with Gasteiger partial charge in [0.2, 0.25) is 0 Å². The van der Waals surface area contributed by atoms with Crippen LogP contribution in [0.25, 0.3) is 0 Å². The first kappa shape index (κ1) is 3.13. The van der Waals surface area contributed by atoms with Crippen molar-refractivity contribution >= 4 is 0 Å². The summed E-state index contributed by atoms with van der Waals surface area (Å²) >= 11 is 0. The minimum atomic E-state index is 0.152. The van der Waals surface area contributed by atoms with Gasteiger partial charge in [-0.3, -0.25) is 0 Å². The maximum atomic E-state index is 6.94. The molecule has 0 amide bonds. The summed E-state index contributed by atoms with van der Waals surface area (Å²) in [6, 6.07) is 0. The van der Waals surface area contributed by atoms with Crippen molar-refractivity contribution < 1.29 is 6.11 Å². The van der Waals surface area contributed by atoms with Crippen LogP contribution in [0.1, 0.15) is 1.37 Å².